The van der Waals surface area contributed by atoms with E-state index in [1.54, 1.807) is 48.8 Å². The third-order valence-corrected chi connectivity index (χ3v) is 4.54. The van der Waals surface area contributed by atoms with Crippen molar-refractivity contribution in [2.24, 2.45) is 0 Å². The molecular weight excluding hydrogens is 388 g/mol. The number of carbonyl (C=O) groups excluding carboxylic acids is 3. The van der Waals surface area contributed by atoms with Crippen molar-refractivity contribution in [3.63, 3.8) is 0 Å². The van der Waals surface area contributed by atoms with E-state index in [0.717, 1.165) is 0 Å². The minimum absolute atomic E-state index is 0.0400. The average Bonchev–Trinajstić information content (AvgIpc) is 3.20. The van der Waals surface area contributed by atoms with Crippen molar-refractivity contribution >= 4 is 23.4 Å². The Bertz CT molecular complexity index is 1080. The second-order valence-electron chi connectivity index (χ2n) is 6.63. The van der Waals surface area contributed by atoms with Gasteiger partial charge in [0.05, 0.1) is 17.8 Å². The van der Waals surface area contributed by atoms with Crippen LogP contribution in [0.25, 0.3) is 11.4 Å². The lowest BCUT2D eigenvalue weighted by Crippen LogP contribution is -2.42. The maximum absolute atomic E-state index is 12.4. The van der Waals surface area contributed by atoms with Crippen LogP contribution in [0.2, 0.25) is 0 Å². The Morgan fingerprint density at radius 3 is 2.87 bits per heavy atom. The number of anilines is 1. The fraction of sp³-hybridized carbons (Fsp3) is 0.200. The predicted octanol–water partition coefficient (Wildman–Crippen LogP) is 1.28. The molecule has 4 rings (SSSR count). The van der Waals surface area contributed by atoms with Crippen molar-refractivity contribution in [2.75, 3.05) is 5.32 Å². The number of nitrogens with one attached hydrogen (secondary N) is 3. The molecule has 0 saturated heterocycles. The monoisotopic (exact) mass is 406 g/mol. The van der Waals surface area contributed by atoms with Crippen LogP contribution in [-0.2, 0) is 16.1 Å². The normalized spacial score (nSPS) is 15.5. The number of pyridine rings is 1. The zero-order chi connectivity index (χ0) is 20.9. The fourth-order valence-corrected chi connectivity index (χ4v) is 2.99. The van der Waals surface area contributed by atoms with Crippen molar-refractivity contribution in [3.05, 3.63) is 60.2 Å². The quantitative estimate of drug-likeness (QED) is 0.560. The van der Waals surface area contributed by atoms with Gasteiger partial charge in [-0.2, -0.15) is 4.98 Å². The number of aromatic nitrogens is 3. The zero-order valence-corrected chi connectivity index (χ0v) is 15.8. The molecule has 3 N–H and O–H groups in total. The van der Waals surface area contributed by atoms with Gasteiger partial charge in [0.25, 0.3) is 5.91 Å². The van der Waals surface area contributed by atoms with Gasteiger partial charge < -0.3 is 20.5 Å². The molecule has 10 nitrogen and oxygen atoms in total. The molecule has 0 fully saturated rings. The first-order chi connectivity index (χ1) is 14.6. The molecule has 2 aromatic heterocycles. The molecule has 1 aliphatic rings. The fourth-order valence-electron chi connectivity index (χ4n) is 2.99. The van der Waals surface area contributed by atoms with Gasteiger partial charge in [-0.05, 0) is 30.7 Å². The summed E-state index contributed by atoms with van der Waals surface area (Å²) in [6.07, 6.45) is 3.44. The van der Waals surface area contributed by atoms with Crippen LogP contribution in [0.4, 0.5) is 5.69 Å². The van der Waals surface area contributed by atoms with Gasteiger partial charge in [-0.3, -0.25) is 19.4 Å². The van der Waals surface area contributed by atoms with Gasteiger partial charge in [0.2, 0.25) is 23.5 Å². The van der Waals surface area contributed by atoms with Crippen LogP contribution in [0.15, 0.2) is 53.3 Å². The molecule has 1 aliphatic heterocycles. The number of carbonyl (C=O) groups is 3. The molecule has 3 heterocycles. The van der Waals surface area contributed by atoms with Crippen LogP contribution in [0.5, 0.6) is 0 Å². The molecule has 3 amide bonds. The minimum Gasteiger partial charge on any atom is -0.347 e. The van der Waals surface area contributed by atoms with E-state index in [1.807, 2.05) is 0 Å². The highest BCUT2D eigenvalue weighted by atomic mass is 16.5. The number of hydrogen-bond donors (Lipinski definition) is 3. The second-order valence-corrected chi connectivity index (χ2v) is 6.63. The number of fused-ring (bicyclic) bond motifs is 1. The van der Waals surface area contributed by atoms with Gasteiger partial charge in [0.1, 0.15) is 6.04 Å². The van der Waals surface area contributed by atoms with Crippen LogP contribution >= 0.6 is 0 Å². The maximum Gasteiger partial charge on any atom is 0.254 e. The Balaban J connectivity index is 1.29. The van der Waals surface area contributed by atoms with E-state index in [0.29, 0.717) is 22.6 Å². The molecule has 1 atom stereocenters. The van der Waals surface area contributed by atoms with E-state index in [9.17, 15) is 14.4 Å². The summed E-state index contributed by atoms with van der Waals surface area (Å²) in [5.74, 6) is -0.398. The molecule has 0 radical (unpaired) electrons. The number of rotatable bonds is 6. The minimum atomic E-state index is -0.809. The van der Waals surface area contributed by atoms with Crippen molar-refractivity contribution < 1.29 is 18.9 Å². The molecule has 3 aromatic rings. The molecule has 0 spiro atoms. The van der Waals surface area contributed by atoms with Crippen LogP contribution in [-0.4, -0.2) is 38.9 Å². The first kappa shape index (κ1) is 19.2. The van der Waals surface area contributed by atoms with Gasteiger partial charge in [-0.15, -0.1) is 0 Å². The lowest BCUT2D eigenvalue weighted by Gasteiger charge is -2.14. The Morgan fingerprint density at radius 1 is 1.17 bits per heavy atom. The summed E-state index contributed by atoms with van der Waals surface area (Å²) in [6.45, 7) is 0.0563. The highest BCUT2D eigenvalue weighted by Gasteiger charge is 2.27. The molecule has 1 aromatic carbocycles. The van der Waals surface area contributed by atoms with Gasteiger partial charge in [0.15, 0.2) is 0 Å². The third kappa shape index (κ3) is 4.32. The molecule has 30 heavy (non-hydrogen) atoms. The number of nitrogens with zero attached hydrogens (tertiary/aromatic N) is 3. The summed E-state index contributed by atoms with van der Waals surface area (Å²) in [4.78, 5) is 45.0. The Hall–Kier alpha value is -4.08. The summed E-state index contributed by atoms with van der Waals surface area (Å²) in [5, 5.41) is 11.9. The molecule has 10 heteroatoms. The van der Waals surface area contributed by atoms with E-state index < -0.39 is 6.04 Å². The number of para-hydroxylation sites is 1. The predicted molar refractivity (Wildman–Crippen MR) is 105 cm³/mol. The molecule has 152 valence electrons. The molecular formula is C20H18N6O4. The average molecular weight is 406 g/mol. The summed E-state index contributed by atoms with van der Waals surface area (Å²) >= 11 is 0. The Kier molecular flexibility index (Phi) is 5.46. The summed E-state index contributed by atoms with van der Waals surface area (Å²) in [7, 11) is 0. The summed E-state index contributed by atoms with van der Waals surface area (Å²) in [5.41, 5.74) is 1.54. The second kappa shape index (κ2) is 8.52. The largest absolute Gasteiger partial charge is 0.347 e. The first-order valence-corrected chi connectivity index (χ1v) is 9.30. The number of benzene rings is 1. The Labute approximate surface area is 171 Å². The lowest BCUT2D eigenvalue weighted by molar-refractivity contribution is -0.122. The van der Waals surface area contributed by atoms with Crippen molar-refractivity contribution in [1.82, 2.24) is 25.8 Å². The van der Waals surface area contributed by atoms with Gasteiger partial charge in [-0.1, -0.05) is 17.3 Å². The van der Waals surface area contributed by atoms with Crippen LogP contribution in [0, 0.1) is 0 Å². The van der Waals surface area contributed by atoms with E-state index in [-0.39, 0.29) is 43.0 Å². The van der Waals surface area contributed by atoms with Gasteiger partial charge in [0, 0.05) is 24.4 Å². The summed E-state index contributed by atoms with van der Waals surface area (Å²) < 4.78 is 5.12. The van der Waals surface area contributed by atoms with Gasteiger partial charge in [-0.25, -0.2) is 0 Å². The molecule has 0 bridgehead atoms. The zero-order valence-electron chi connectivity index (χ0n) is 15.8. The maximum atomic E-state index is 12.4. The lowest BCUT2D eigenvalue weighted by atomic mass is 10.1. The van der Waals surface area contributed by atoms with E-state index >= 15 is 0 Å². The van der Waals surface area contributed by atoms with E-state index in [4.69, 9.17) is 4.52 Å². The highest BCUT2D eigenvalue weighted by molar-refractivity contribution is 6.09. The van der Waals surface area contributed by atoms with E-state index in [1.165, 1.54) is 0 Å². The standard InChI is InChI=1S/C20H18N6O4/c27-16(22-11-17-25-18(26-30-17)12-4-3-9-21-10-12)8-7-15-20(29)23-14-6-2-1-5-13(14)19(28)24-15/h1-6,9-10,15H,7-8,11H2,(H,22,27)(H,23,29)(H,24,28)/t15-/m0/s1. The van der Waals surface area contributed by atoms with E-state index in [2.05, 4.69) is 31.1 Å². The van der Waals surface area contributed by atoms with Crippen molar-refractivity contribution in [1.29, 1.82) is 0 Å². The van der Waals surface area contributed by atoms with Crippen LogP contribution < -0.4 is 16.0 Å². The SMILES string of the molecule is O=C(CC[C@@H]1NC(=O)c2ccccc2NC1=O)NCc1nc(-c2cccnc2)no1. The summed E-state index contributed by atoms with van der Waals surface area (Å²) in [6, 6.07) is 9.48. The third-order valence-electron chi connectivity index (χ3n) is 4.54. The Morgan fingerprint density at radius 2 is 2.03 bits per heavy atom. The molecule has 0 aliphatic carbocycles. The first-order valence-electron chi connectivity index (χ1n) is 9.30. The highest BCUT2D eigenvalue weighted by Crippen LogP contribution is 2.19. The van der Waals surface area contributed by atoms with Crippen molar-refractivity contribution in [3.8, 4) is 11.4 Å². The van der Waals surface area contributed by atoms with Gasteiger partial charge >= 0.3 is 0 Å². The molecule has 0 saturated carbocycles. The van der Waals surface area contributed by atoms with Crippen LogP contribution in [0.3, 0.4) is 0 Å². The topological polar surface area (TPSA) is 139 Å². The molecule has 0 unspecified atom stereocenters. The van der Waals surface area contributed by atoms with Crippen molar-refractivity contribution in [2.45, 2.75) is 25.4 Å². The number of hydrogen-bond acceptors (Lipinski definition) is 7. The van der Waals surface area contributed by atoms with Crippen LogP contribution in [0.1, 0.15) is 29.1 Å². The number of amides is 3. The smallest absolute Gasteiger partial charge is 0.254 e.